The van der Waals surface area contributed by atoms with Crippen molar-refractivity contribution in [3.63, 3.8) is 0 Å². The Hall–Kier alpha value is -8.25. The Labute approximate surface area is 380 Å². The van der Waals surface area contributed by atoms with Crippen LogP contribution in [0.4, 0.5) is 0 Å². The third-order valence-corrected chi connectivity index (χ3v) is 13.5. The van der Waals surface area contributed by atoms with Crippen LogP contribution in [-0.2, 0) is 0 Å². The van der Waals surface area contributed by atoms with Gasteiger partial charge in [0.15, 0.2) is 17.5 Å². The molecule has 0 saturated carbocycles. The Bertz CT molecular complexity index is 4180. The van der Waals surface area contributed by atoms with Gasteiger partial charge in [0.1, 0.15) is 0 Å². The highest BCUT2D eigenvalue weighted by Gasteiger charge is 2.23. The fraction of sp³-hybridized carbons (Fsp3) is 0. The number of hydrogen-bond acceptors (Lipinski definition) is 4. The van der Waals surface area contributed by atoms with Gasteiger partial charge in [-0.25, -0.2) is 15.0 Å². The molecule has 3 aromatic heterocycles. The maximum Gasteiger partial charge on any atom is 0.165 e. The molecule has 0 aliphatic heterocycles. The second kappa shape index (κ2) is 14.7. The van der Waals surface area contributed by atoms with Crippen LogP contribution in [0.15, 0.2) is 218 Å². The van der Waals surface area contributed by atoms with Gasteiger partial charge in [0.2, 0.25) is 0 Å². The van der Waals surface area contributed by atoms with Crippen LogP contribution in [0.1, 0.15) is 6.85 Å². The predicted molar refractivity (Wildman–Crippen MR) is 269 cm³/mol. The van der Waals surface area contributed by atoms with E-state index >= 15 is 0 Å². The summed E-state index contributed by atoms with van der Waals surface area (Å²) in [6.07, 6.45) is 0. The van der Waals surface area contributed by atoms with E-state index in [9.17, 15) is 0 Å². The standard InChI is InChI=1S/C59H36N4S/c1-3-16-37(17-4-1)38-30-32-39(33-31-38)44-26-15-29-54-55(44)50-35-42(63-52-27-13-11-24-47(52)48-25-12-14-28-53(48)63)36-51(56(50)64-54)59-61-57(40-18-5-2-6-19-40)60-58(62-59)49-34-41-20-7-8-21-43(41)45-22-9-10-23-46(45)49/h1-36H/i2D,5D,6D,18D,19D. The molecular weight excluding hydrogens is 797 g/mol. The van der Waals surface area contributed by atoms with Crippen molar-refractivity contribution in [2.75, 3.05) is 0 Å². The van der Waals surface area contributed by atoms with Crippen LogP contribution in [0, 0.1) is 0 Å². The van der Waals surface area contributed by atoms with Crippen LogP contribution in [0.2, 0.25) is 0 Å². The zero-order valence-corrected chi connectivity index (χ0v) is 34.9. The summed E-state index contributed by atoms with van der Waals surface area (Å²) in [6, 6.07) is 63.0. The second-order valence-corrected chi connectivity index (χ2v) is 17.0. The number of hydrogen-bond donors (Lipinski definition) is 0. The summed E-state index contributed by atoms with van der Waals surface area (Å²) >= 11 is 1.66. The zero-order valence-electron chi connectivity index (χ0n) is 39.1. The molecule has 0 fully saturated rings. The number of thiophene rings is 1. The second-order valence-electron chi connectivity index (χ2n) is 16.0. The predicted octanol–water partition coefficient (Wildman–Crippen LogP) is 16.0. The number of aromatic nitrogens is 4. The van der Waals surface area contributed by atoms with E-state index < -0.39 is 18.1 Å². The lowest BCUT2D eigenvalue weighted by atomic mass is 9.96. The highest BCUT2D eigenvalue weighted by atomic mass is 32.1. The van der Waals surface area contributed by atoms with Crippen LogP contribution >= 0.6 is 11.3 Å². The highest BCUT2D eigenvalue weighted by Crippen LogP contribution is 2.46. The first kappa shape index (κ1) is 31.6. The minimum absolute atomic E-state index is 0.0139. The third-order valence-electron chi connectivity index (χ3n) is 12.3. The molecule has 0 radical (unpaired) electrons. The molecule has 64 heavy (non-hydrogen) atoms. The average Bonchev–Trinajstić information content (AvgIpc) is 3.95. The smallest absolute Gasteiger partial charge is 0.165 e. The Morgan fingerprint density at radius 1 is 0.391 bits per heavy atom. The molecule has 0 bridgehead atoms. The van der Waals surface area contributed by atoms with E-state index in [0.717, 1.165) is 103 Å². The zero-order chi connectivity index (χ0) is 46.5. The molecule has 0 unspecified atom stereocenters. The van der Waals surface area contributed by atoms with E-state index in [-0.39, 0.29) is 23.5 Å². The number of nitrogens with zero attached hydrogens (tertiary/aromatic N) is 4. The van der Waals surface area contributed by atoms with Gasteiger partial charge in [0.25, 0.3) is 0 Å². The van der Waals surface area contributed by atoms with Crippen LogP contribution in [0.25, 0.3) is 126 Å². The number of para-hydroxylation sites is 2. The summed E-state index contributed by atoms with van der Waals surface area (Å²) < 4.78 is 48.4. The average molecular weight is 838 g/mol. The number of fused-ring (bicyclic) bond motifs is 9. The van der Waals surface area contributed by atoms with Gasteiger partial charge in [-0.15, -0.1) is 11.3 Å². The molecule has 10 aromatic carbocycles. The molecule has 13 aromatic rings. The molecule has 3 heterocycles. The number of benzene rings is 10. The van der Waals surface area contributed by atoms with Crippen LogP contribution in [-0.4, -0.2) is 19.5 Å². The minimum atomic E-state index is -0.486. The molecule has 4 nitrogen and oxygen atoms in total. The molecule has 298 valence electrons. The van der Waals surface area contributed by atoms with Crippen LogP contribution in [0.3, 0.4) is 0 Å². The lowest BCUT2D eigenvalue weighted by Gasteiger charge is -2.14. The largest absolute Gasteiger partial charge is 0.309 e. The summed E-state index contributed by atoms with van der Waals surface area (Å²) in [7, 11) is 0. The summed E-state index contributed by atoms with van der Waals surface area (Å²) in [5.74, 6) is 0.617. The molecule has 5 heteroatoms. The maximum atomic E-state index is 9.14. The first-order valence-electron chi connectivity index (χ1n) is 23.7. The van der Waals surface area contributed by atoms with E-state index in [4.69, 9.17) is 21.8 Å². The molecule has 0 aliphatic carbocycles. The quantitative estimate of drug-likeness (QED) is 0.157. The van der Waals surface area contributed by atoms with Gasteiger partial charge in [0.05, 0.1) is 17.9 Å². The van der Waals surface area contributed by atoms with Crippen molar-refractivity contribution in [2.45, 2.75) is 0 Å². The molecule has 0 aliphatic rings. The van der Waals surface area contributed by atoms with Crippen molar-refractivity contribution in [1.29, 1.82) is 0 Å². The normalized spacial score (nSPS) is 12.8. The van der Waals surface area contributed by atoms with Gasteiger partial charge in [-0.1, -0.05) is 182 Å². The minimum Gasteiger partial charge on any atom is -0.309 e. The fourth-order valence-electron chi connectivity index (χ4n) is 9.45. The summed E-state index contributed by atoms with van der Waals surface area (Å²) in [5.41, 5.74) is 8.79. The van der Waals surface area contributed by atoms with Gasteiger partial charge in [-0.05, 0) is 80.2 Å². The van der Waals surface area contributed by atoms with E-state index in [0.29, 0.717) is 11.6 Å². The Morgan fingerprint density at radius 2 is 0.984 bits per heavy atom. The molecular formula is C59H36N4S. The van der Waals surface area contributed by atoms with E-state index in [1.807, 2.05) is 36.4 Å². The molecule has 0 amide bonds. The van der Waals surface area contributed by atoms with Crippen molar-refractivity contribution in [3.05, 3.63) is 218 Å². The van der Waals surface area contributed by atoms with Crippen LogP contribution < -0.4 is 0 Å². The fourth-order valence-corrected chi connectivity index (χ4v) is 10.7. The van der Waals surface area contributed by atoms with Gasteiger partial charge >= 0.3 is 0 Å². The van der Waals surface area contributed by atoms with E-state index in [1.165, 1.54) is 0 Å². The van der Waals surface area contributed by atoms with Crippen molar-refractivity contribution < 1.29 is 6.85 Å². The number of rotatable bonds is 6. The Kier molecular flexibility index (Phi) is 7.25. The maximum absolute atomic E-state index is 9.14. The van der Waals surface area contributed by atoms with Crippen molar-refractivity contribution in [3.8, 4) is 62.1 Å². The first-order chi connectivity index (χ1) is 33.8. The lowest BCUT2D eigenvalue weighted by Crippen LogP contribution is -2.02. The van der Waals surface area contributed by atoms with Gasteiger partial charge in [-0.3, -0.25) is 0 Å². The SMILES string of the molecule is [2H]c1c([2H])c([2H])c(-c2nc(-c3cc4ccccc4c4ccccc34)nc(-c3cc(-n4c5ccccc5c5ccccc54)cc4c3sc3cccc(-c5ccc(-c6ccccc6)cc5)c34)n2)c([2H])c1[2H]. The van der Waals surface area contributed by atoms with Crippen LogP contribution in [0.5, 0.6) is 0 Å². The topological polar surface area (TPSA) is 43.6 Å². The summed E-state index contributed by atoms with van der Waals surface area (Å²) in [4.78, 5) is 15.6. The Morgan fingerprint density at radius 3 is 1.73 bits per heavy atom. The molecule has 0 saturated heterocycles. The summed E-state index contributed by atoms with van der Waals surface area (Å²) in [5, 5.41) is 8.34. The molecule has 13 rings (SSSR count). The lowest BCUT2D eigenvalue weighted by molar-refractivity contribution is 1.08. The van der Waals surface area contributed by atoms with E-state index in [2.05, 4.69) is 156 Å². The summed E-state index contributed by atoms with van der Waals surface area (Å²) in [6.45, 7) is 0. The Balaban J connectivity index is 1.15. The third kappa shape index (κ3) is 5.86. The molecule has 0 atom stereocenters. The highest BCUT2D eigenvalue weighted by molar-refractivity contribution is 7.26. The van der Waals surface area contributed by atoms with E-state index in [1.54, 1.807) is 11.3 Å². The van der Waals surface area contributed by atoms with Crippen molar-refractivity contribution in [2.24, 2.45) is 0 Å². The van der Waals surface area contributed by atoms with Gasteiger partial charge < -0.3 is 4.57 Å². The van der Waals surface area contributed by atoms with Crippen molar-refractivity contribution >= 4 is 74.9 Å². The first-order valence-corrected chi connectivity index (χ1v) is 22.0. The molecule has 0 N–H and O–H groups in total. The monoisotopic (exact) mass is 837 g/mol. The molecule has 0 spiro atoms. The van der Waals surface area contributed by atoms with Gasteiger partial charge in [0, 0.05) is 53.3 Å². The van der Waals surface area contributed by atoms with Crippen molar-refractivity contribution in [1.82, 2.24) is 19.5 Å². The van der Waals surface area contributed by atoms with Gasteiger partial charge in [-0.2, -0.15) is 0 Å².